The van der Waals surface area contributed by atoms with Crippen LogP contribution in [-0.2, 0) is 0 Å². The monoisotopic (exact) mass is 305 g/mol. The third kappa shape index (κ3) is 2.74. The maximum Gasteiger partial charge on any atom is 0.167 e. The number of methoxy groups -OCH3 is 2. The maximum absolute atomic E-state index is 9.51. The van der Waals surface area contributed by atoms with Crippen LogP contribution >= 0.6 is 0 Å². The summed E-state index contributed by atoms with van der Waals surface area (Å²) in [5, 5.41) is 9.51. The number of allylic oxidation sites excluding steroid dienone is 1. The van der Waals surface area contributed by atoms with Gasteiger partial charge in [-0.25, -0.2) is 4.98 Å². The van der Waals surface area contributed by atoms with Crippen LogP contribution in [-0.4, -0.2) is 24.2 Å². The molecule has 0 aliphatic rings. The summed E-state index contributed by atoms with van der Waals surface area (Å²) < 4.78 is 10.7. The van der Waals surface area contributed by atoms with E-state index in [1.165, 1.54) is 0 Å². The van der Waals surface area contributed by atoms with Crippen molar-refractivity contribution in [2.24, 2.45) is 0 Å². The minimum atomic E-state index is 0.424. The number of rotatable bonds is 4. The summed E-state index contributed by atoms with van der Waals surface area (Å²) in [5.74, 6) is 1.72. The average molecular weight is 305 g/mol. The van der Waals surface area contributed by atoms with E-state index in [9.17, 15) is 5.26 Å². The number of hydrogen-bond donors (Lipinski definition) is 1. The zero-order chi connectivity index (χ0) is 16.2. The first kappa shape index (κ1) is 14.7. The number of aromatic nitrogens is 2. The van der Waals surface area contributed by atoms with E-state index in [0.29, 0.717) is 22.9 Å². The molecule has 114 valence electrons. The lowest BCUT2D eigenvalue weighted by Crippen LogP contribution is -1.93. The van der Waals surface area contributed by atoms with Crippen LogP contribution in [0.15, 0.2) is 42.5 Å². The van der Waals surface area contributed by atoms with Crippen molar-refractivity contribution < 1.29 is 9.47 Å². The number of benzene rings is 2. The molecule has 0 amide bonds. The Kier molecular flexibility index (Phi) is 3.98. The summed E-state index contributed by atoms with van der Waals surface area (Å²) in [6, 6.07) is 15.4. The summed E-state index contributed by atoms with van der Waals surface area (Å²) in [7, 11) is 3.15. The number of nitriles is 1. The van der Waals surface area contributed by atoms with Gasteiger partial charge in [0.1, 0.15) is 11.9 Å². The van der Waals surface area contributed by atoms with Gasteiger partial charge in [-0.3, -0.25) is 0 Å². The molecule has 2 aromatic carbocycles. The molecule has 0 saturated heterocycles. The molecule has 3 aromatic rings. The third-order valence-electron chi connectivity index (χ3n) is 3.50. The molecule has 3 rings (SSSR count). The van der Waals surface area contributed by atoms with Crippen LogP contribution in [0.5, 0.6) is 11.5 Å². The van der Waals surface area contributed by atoms with Crippen LogP contribution in [0.3, 0.4) is 0 Å². The molecule has 5 nitrogen and oxygen atoms in total. The molecule has 0 spiro atoms. The van der Waals surface area contributed by atoms with Crippen LogP contribution in [0, 0.1) is 11.3 Å². The Balaban J connectivity index is 2.11. The molecular formula is C18H15N3O2. The lowest BCUT2D eigenvalue weighted by molar-refractivity contribution is 0.354. The fourth-order valence-corrected chi connectivity index (χ4v) is 2.42. The number of aromatic amines is 1. The van der Waals surface area contributed by atoms with Crippen molar-refractivity contribution in [1.29, 1.82) is 5.26 Å². The fourth-order valence-electron chi connectivity index (χ4n) is 2.42. The predicted octanol–water partition coefficient (Wildman–Crippen LogP) is 3.64. The molecule has 1 aromatic heterocycles. The highest BCUT2D eigenvalue weighted by molar-refractivity contribution is 5.91. The summed E-state index contributed by atoms with van der Waals surface area (Å²) >= 11 is 0. The van der Waals surface area contributed by atoms with E-state index < -0.39 is 0 Å². The van der Waals surface area contributed by atoms with Crippen molar-refractivity contribution in [3.63, 3.8) is 0 Å². The summed E-state index contributed by atoms with van der Waals surface area (Å²) in [5.41, 5.74) is 2.89. The SMILES string of the molecule is COc1cccc(/C=C(/C#N)c2nc3ccccc3[nH]2)c1OC. The highest BCUT2D eigenvalue weighted by Gasteiger charge is 2.12. The Morgan fingerprint density at radius 3 is 2.65 bits per heavy atom. The highest BCUT2D eigenvalue weighted by atomic mass is 16.5. The Morgan fingerprint density at radius 2 is 1.96 bits per heavy atom. The summed E-state index contributed by atoms with van der Waals surface area (Å²) in [6.45, 7) is 0. The number of nitrogens with zero attached hydrogens (tertiary/aromatic N) is 2. The van der Waals surface area contributed by atoms with E-state index in [4.69, 9.17) is 9.47 Å². The Morgan fingerprint density at radius 1 is 1.13 bits per heavy atom. The second-order valence-electron chi connectivity index (χ2n) is 4.86. The topological polar surface area (TPSA) is 70.9 Å². The Hall–Kier alpha value is -3.26. The van der Waals surface area contributed by atoms with Gasteiger partial charge >= 0.3 is 0 Å². The third-order valence-corrected chi connectivity index (χ3v) is 3.50. The minimum absolute atomic E-state index is 0.424. The lowest BCUT2D eigenvalue weighted by Gasteiger charge is -2.10. The Bertz CT molecular complexity index is 886. The van der Waals surface area contributed by atoms with Crippen LogP contribution in [0.2, 0.25) is 0 Å². The number of ether oxygens (including phenoxy) is 2. The van der Waals surface area contributed by atoms with E-state index >= 15 is 0 Å². The number of hydrogen-bond acceptors (Lipinski definition) is 4. The molecule has 0 saturated carbocycles. The quantitative estimate of drug-likeness (QED) is 0.747. The van der Waals surface area contributed by atoms with E-state index in [1.807, 2.05) is 42.5 Å². The number of H-pyrrole nitrogens is 1. The van der Waals surface area contributed by atoms with Crippen molar-refractivity contribution in [1.82, 2.24) is 9.97 Å². The second-order valence-corrected chi connectivity index (χ2v) is 4.86. The van der Waals surface area contributed by atoms with Crippen LogP contribution in [0.1, 0.15) is 11.4 Å². The maximum atomic E-state index is 9.51. The zero-order valence-corrected chi connectivity index (χ0v) is 12.8. The fraction of sp³-hybridized carbons (Fsp3) is 0.111. The van der Waals surface area contributed by atoms with E-state index in [2.05, 4.69) is 16.0 Å². The molecule has 1 N–H and O–H groups in total. The largest absolute Gasteiger partial charge is 0.493 e. The molecule has 0 fully saturated rings. The first-order chi connectivity index (χ1) is 11.3. The number of para-hydroxylation sites is 3. The number of fused-ring (bicyclic) bond motifs is 1. The van der Waals surface area contributed by atoms with E-state index in [1.54, 1.807) is 20.3 Å². The molecule has 0 atom stereocenters. The lowest BCUT2D eigenvalue weighted by atomic mass is 10.1. The first-order valence-electron chi connectivity index (χ1n) is 7.04. The van der Waals surface area contributed by atoms with Gasteiger partial charge in [-0.05, 0) is 24.3 Å². The number of nitrogens with one attached hydrogen (secondary N) is 1. The van der Waals surface area contributed by atoms with Gasteiger partial charge < -0.3 is 14.5 Å². The highest BCUT2D eigenvalue weighted by Crippen LogP contribution is 2.33. The van der Waals surface area contributed by atoms with Crippen LogP contribution < -0.4 is 9.47 Å². The van der Waals surface area contributed by atoms with Crippen LogP contribution in [0.25, 0.3) is 22.7 Å². The predicted molar refractivity (Wildman–Crippen MR) is 89.1 cm³/mol. The molecule has 5 heteroatoms. The van der Waals surface area contributed by atoms with Gasteiger partial charge in [-0.1, -0.05) is 24.3 Å². The second kappa shape index (κ2) is 6.24. The average Bonchev–Trinajstić information content (AvgIpc) is 3.02. The van der Waals surface area contributed by atoms with Gasteiger partial charge in [-0.2, -0.15) is 5.26 Å². The zero-order valence-electron chi connectivity index (χ0n) is 12.8. The van der Waals surface area contributed by atoms with Crippen molar-refractivity contribution >= 4 is 22.7 Å². The van der Waals surface area contributed by atoms with Gasteiger partial charge in [0.05, 0.1) is 30.8 Å². The molecule has 0 bridgehead atoms. The summed E-state index contributed by atoms with van der Waals surface area (Å²) in [6.07, 6.45) is 1.74. The van der Waals surface area contributed by atoms with Crippen molar-refractivity contribution in [3.05, 3.63) is 53.9 Å². The van der Waals surface area contributed by atoms with Gasteiger partial charge in [-0.15, -0.1) is 0 Å². The number of imidazole rings is 1. The minimum Gasteiger partial charge on any atom is -0.493 e. The molecular weight excluding hydrogens is 290 g/mol. The molecule has 0 radical (unpaired) electrons. The van der Waals surface area contributed by atoms with Crippen LogP contribution in [0.4, 0.5) is 0 Å². The van der Waals surface area contributed by atoms with E-state index in [-0.39, 0.29) is 0 Å². The van der Waals surface area contributed by atoms with Gasteiger partial charge in [0.2, 0.25) is 0 Å². The molecule has 1 heterocycles. The van der Waals surface area contributed by atoms with Gasteiger partial charge in [0.15, 0.2) is 11.5 Å². The molecule has 0 aliphatic heterocycles. The Labute approximate surface area is 133 Å². The standard InChI is InChI=1S/C18H15N3O2/c1-22-16-9-5-6-12(17(16)23-2)10-13(11-19)18-20-14-7-3-4-8-15(14)21-18/h3-10H,1-2H3,(H,20,21)/b13-10-. The molecule has 0 aliphatic carbocycles. The normalized spacial score (nSPS) is 11.3. The van der Waals surface area contributed by atoms with Crippen molar-refractivity contribution in [3.8, 4) is 17.6 Å². The van der Waals surface area contributed by atoms with E-state index in [0.717, 1.165) is 16.6 Å². The van der Waals surface area contributed by atoms with Crippen molar-refractivity contribution in [2.75, 3.05) is 14.2 Å². The molecule has 0 unspecified atom stereocenters. The smallest absolute Gasteiger partial charge is 0.167 e. The van der Waals surface area contributed by atoms with Gasteiger partial charge in [0, 0.05) is 5.56 Å². The van der Waals surface area contributed by atoms with Gasteiger partial charge in [0.25, 0.3) is 0 Å². The van der Waals surface area contributed by atoms with Crippen molar-refractivity contribution in [2.45, 2.75) is 0 Å². The summed E-state index contributed by atoms with van der Waals surface area (Å²) in [4.78, 5) is 7.62. The molecule has 23 heavy (non-hydrogen) atoms. The first-order valence-corrected chi connectivity index (χ1v) is 7.04.